The number of hydrogen-bond acceptors (Lipinski definition) is 5. The summed E-state index contributed by atoms with van der Waals surface area (Å²) in [6, 6.07) is 6.05. The fraction of sp³-hybridized carbons (Fsp3) is 0.250. The molecule has 0 aliphatic carbocycles. The molecule has 0 bridgehead atoms. The van der Waals surface area contributed by atoms with E-state index in [-0.39, 0.29) is 5.78 Å². The normalized spacial score (nSPS) is 11.0. The van der Waals surface area contributed by atoms with Crippen LogP contribution < -0.4 is 0 Å². The number of aromatic nitrogens is 2. The van der Waals surface area contributed by atoms with Crippen LogP contribution in [0.5, 0.6) is 0 Å². The number of H-pyrrole nitrogens is 1. The highest BCUT2D eigenvalue weighted by molar-refractivity contribution is 7.99. The van der Waals surface area contributed by atoms with Gasteiger partial charge in [-0.1, -0.05) is 6.07 Å². The second kappa shape index (κ2) is 6.81. The number of carbonyl (C=O) groups excluding carboxylic acids is 1. The first-order chi connectivity index (χ1) is 10.6. The van der Waals surface area contributed by atoms with E-state index in [0.29, 0.717) is 5.75 Å². The van der Waals surface area contributed by atoms with Crippen LogP contribution in [0.2, 0.25) is 0 Å². The van der Waals surface area contributed by atoms with E-state index in [4.69, 9.17) is 0 Å². The zero-order valence-electron chi connectivity index (χ0n) is 12.4. The number of rotatable bonds is 6. The predicted octanol–water partition coefficient (Wildman–Crippen LogP) is 4.93. The van der Waals surface area contributed by atoms with Gasteiger partial charge in [-0.25, -0.2) is 4.98 Å². The Labute approximate surface area is 141 Å². The molecule has 0 atom stereocenters. The molecule has 22 heavy (non-hydrogen) atoms. The number of ketones is 1. The van der Waals surface area contributed by atoms with Crippen molar-refractivity contribution < 1.29 is 4.79 Å². The van der Waals surface area contributed by atoms with Crippen LogP contribution >= 0.6 is 34.4 Å². The first-order valence-corrected chi connectivity index (χ1v) is 9.80. The van der Waals surface area contributed by atoms with Gasteiger partial charge in [0, 0.05) is 28.1 Å². The molecule has 0 amide bonds. The summed E-state index contributed by atoms with van der Waals surface area (Å²) < 4.78 is 0. The van der Waals surface area contributed by atoms with Crippen LogP contribution in [0.15, 0.2) is 29.0 Å². The number of nitrogens with one attached hydrogen (secondary N) is 1. The molecule has 0 saturated heterocycles. The fourth-order valence-corrected chi connectivity index (χ4v) is 4.77. The third-order valence-electron chi connectivity index (χ3n) is 3.22. The third kappa shape index (κ3) is 3.51. The average Bonchev–Trinajstić information content (AvgIpc) is 3.19. The zero-order valence-corrected chi connectivity index (χ0v) is 14.8. The van der Waals surface area contributed by atoms with Gasteiger partial charge in [-0.2, -0.15) is 0 Å². The molecule has 0 saturated carbocycles. The van der Waals surface area contributed by atoms with Crippen molar-refractivity contribution in [3.05, 3.63) is 51.6 Å². The van der Waals surface area contributed by atoms with Crippen molar-refractivity contribution in [2.75, 3.05) is 5.75 Å². The number of Topliss-reactive ketones (excluding diaryl/α,β-unsaturated/α-hetero) is 1. The number of nitrogens with zero attached hydrogens (tertiary/aromatic N) is 1. The molecule has 0 radical (unpaired) electrons. The Morgan fingerprint density at radius 3 is 2.91 bits per heavy atom. The molecule has 114 valence electrons. The van der Waals surface area contributed by atoms with Gasteiger partial charge in [-0.05, 0) is 31.4 Å². The monoisotopic (exact) mass is 348 g/mol. The topological polar surface area (TPSA) is 45.8 Å². The Hall–Kier alpha value is -1.37. The first-order valence-electron chi connectivity index (χ1n) is 6.89. The predicted molar refractivity (Wildman–Crippen MR) is 96.2 cm³/mol. The quantitative estimate of drug-likeness (QED) is 0.642. The van der Waals surface area contributed by atoms with Crippen molar-refractivity contribution in [2.24, 2.45) is 0 Å². The summed E-state index contributed by atoms with van der Waals surface area (Å²) in [5.41, 5.74) is 3.85. The molecule has 0 spiro atoms. The Kier molecular flexibility index (Phi) is 4.81. The molecule has 3 rings (SSSR count). The Morgan fingerprint density at radius 1 is 1.36 bits per heavy atom. The number of thioether (sulfide) groups is 1. The maximum Gasteiger partial charge on any atom is 0.174 e. The Morgan fingerprint density at radius 2 is 2.23 bits per heavy atom. The van der Waals surface area contributed by atoms with Gasteiger partial charge in [0.15, 0.2) is 5.78 Å². The lowest BCUT2D eigenvalue weighted by molar-refractivity contribution is 0.102. The number of aryl methyl sites for hydroxylation is 2. The lowest BCUT2D eigenvalue weighted by atomic mass is 10.2. The van der Waals surface area contributed by atoms with E-state index >= 15 is 0 Å². The summed E-state index contributed by atoms with van der Waals surface area (Å²) in [7, 11) is 0. The summed E-state index contributed by atoms with van der Waals surface area (Å²) in [5.74, 6) is 1.45. The number of thiazole rings is 1. The summed E-state index contributed by atoms with van der Waals surface area (Å²) in [4.78, 5) is 21.2. The molecule has 0 aliphatic rings. The number of aromatic amines is 1. The van der Waals surface area contributed by atoms with Crippen molar-refractivity contribution in [1.29, 1.82) is 0 Å². The molecular weight excluding hydrogens is 332 g/mol. The molecular formula is C16H16N2OS3. The summed E-state index contributed by atoms with van der Waals surface area (Å²) in [6.45, 7) is 3.91. The third-order valence-corrected chi connectivity index (χ3v) is 6.11. The van der Waals surface area contributed by atoms with Crippen molar-refractivity contribution in [1.82, 2.24) is 9.97 Å². The first kappa shape index (κ1) is 15.5. The fourth-order valence-electron chi connectivity index (χ4n) is 2.23. The van der Waals surface area contributed by atoms with E-state index in [2.05, 4.69) is 26.8 Å². The van der Waals surface area contributed by atoms with Crippen LogP contribution in [0.1, 0.15) is 27.4 Å². The van der Waals surface area contributed by atoms with Gasteiger partial charge in [-0.15, -0.1) is 34.4 Å². The molecule has 0 fully saturated rings. The van der Waals surface area contributed by atoms with Crippen molar-refractivity contribution >= 4 is 40.2 Å². The van der Waals surface area contributed by atoms with Crippen LogP contribution in [0.25, 0.3) is 9.88 Å². The lowest BCUT2D eigenvalue weighted by Gasteiger charge is -1.99. The number of hydrogen-bond donors (Lipinski definition) is 1. The van der Waals surface area contributed by atoms with Crippen molar-refractivity contribution in [2.45, 2.75) is 19.6 Å². The standard InChI is InChI=1S/C16H16N2OS3/c1-10-6-13(11(2)17-10)14(19)9-20-7-12-8-22-16(18-12)15-4-3-5-21-15/h3-6,8,17H,7,9H2,1-2H3. The largest absolute Gasteiger partial charge is 0.362 e. The SMILES string of the molecule is Cc1cc(C(=O)CSCc2csc(-c3cccs3)n2)c(C)[nH]1. The molecule has 0 aliphatic heterocycles. The van der Waals surface area contributed by atoms with Gasteiger partial charge in [0.05, 0.1) is 16.3 Å². The van der Waals surface area contributed by atoms with Gasteiger partial charge < -0.3 is 4.98 Å². The zero-order chi connectivity index (χ0) is 15.5. The highest BCUT2D eigenvalue weighted by Crippen LogP contribution is 2.29. The Bertz CT molecular complexity index is 771. The molecule has 3 nitrogen and oxygen atoms in total. The maximum absolute atomic E-state index is 12.2. The van der Waals surface area contributed by atoms with Crippen LogP contribution in [-0.4, -0.2) is 21.5 Å². The number of carbonyl (C=O) groups is 1. The molecule has 0 unspecified atom stereocenters. The summed E-state index contributed by atoms with van der Waals surface area (Å²) in [6.07, 6.45) is 0. The molecule has 3 heterocycles. The number of thiophene rings is 1. The lowest BCUT2D eigenvalue weighted by Crippen LogP contribution is -2.03. The summed E-state index contributed by atoms with van der Waals surface area (Å²) in [5, 5.41) is 5.21. The van der Waals surface area contributed by atoms with E-state index in [1.807, 2.05) is 26.0 Å². The molecule has 6 heteroatoms. The van der Waals surface area contributed by atoms with Gasteiger partial charge >= 0.3 is 0 Å². The van der Waals surface area contributed by atoms with E-state index in [9.17, 15) is 4.79 Å². The average molecular weight is 349 g/mol. The molecule has 1 N–H and O–H groups in total. The van der Waals surface area contributed by atoms with Crippen molar-refractivity contribution in [3.63, 3.8) is 0 Å². The second-order valence-corrected chi connectivity index (χ2v) is 7.82. The van der Waals surface area contributed by atoms with Gasteiger partial charge in [0.1, 0.15) is 5.01 Å². The minimum Gasteiger partial charge on any atom is -0.362 e. The van der Waals surface area contributed by atoms with Crippen LogP contribution in [0, 0.1) is 13.8 Å². The Balaban J connectivity index is 1.55. The maximum atomic E-state index is 12.2. The van der Waals surface area contributed by atoms with E-state index < -0.39 is 0 Å². The molecule has 0 aromatic carbocycles. The van der Waals surface area contributed by atoms with Crippen LogP contribution in [-0.2, 0) is 5.75 Å². The smallest absolute Gasteiger partial charge is 0.174 e. The molecule has 3 aromatic heterocycles. The van der Waals surface area contributed by atoms with E-state index in [0.717, 1.165) is 33.4 Å². The van der Waals surface area contributed by atoms with Gasteiger partial charge in [-0.3, -0.25) is 4.79 Å². The molecule has 3 aromatic rings. The van der Waals surface area contributed by atoms with Gasteiger partial charge in [0.25, 0.3) is 0 Å². The van der Waals surface area contributed by atoms with Gasteiger partial charge in [0.2, 0.25) is 0 Å². The minimum absolute atomic E-state index is 0.181. The van der Waals surface area contributed by atoms with Crippen molar-refractivity contribution in [3.8, 4) is 9.88 Å². The highest BCUT2D eigenvalue weighted by atomic mass is 32.2. The highest BCUT2D eigenvalue weighted by Gasteiger charge is 2.12. The second-order valence-electron chi connectivity index (χ2n) is 5.03. The van der Waals surface area contributed by atoms with Crippen LogP contribution in [0.4, 0.5) is 0 Å². The van der Waals surface area contributed by atoms with E-state index in [1.54, 1.807) is 34.4 Å². The van der Waals surface area contributed by atoms with Crippen LogP contribution in [0.3, 0.4) is 0 Å². The van der Waals surface area contributed by atoms with E-state index in [1.165, 1.54) is 4.88 Å². The summed E-state index contributed by atoms with van der Waals surface area (Å²) >= 11 is 4.99. The minimum atomic E-state index is 0.181.